The standard InChI is InChI=1S/C19H24ClN3O4/c20-14-1-3-15(4-2-14)26-11-13-5-7-22(9-13)19(25)23-8-6-17-16(10-23)21-18(24)12-27-17/h1-4,13,16-17H,5-12H2,(H,21,24)/t13-,16+,17-/m0/s1. The van der Waals surface area contributed by atoms with E-state index in [2.05, 4.69) is 5.32 Å². The lowest BCUT2D eigenvalue weighted by atomic mass is 10.0. The molecule has 3 fully saturated rings. The maximum atomic E-state index is 12.9. The Labute approximate surface area is 163 Å². The number of rotatable bonds is 3. The number of carbonyl (C=O) groups excluding carboxylic acids is 2. The van der Waals surface area contributed by atoms with Crippen molar-refractivity contribution in [3.05, 3.63) is 29.3 Å². The minimum atomic E-state index is -0.105. The molecular weight excluding hydrogens is 370 g/mol. The van der Waals surface area contributed by atoms with Gasteiger partial charge in [-0.15, -0.1) is 0 Å². The van der Waals surface area contributed by atoms with E-state index < -0.39 is 0 Å². The summed E-state index contributed by atoms with van der Waals surface area (Å²) in [6.07, 6.45) is 1.71. The Hall–Kier alpha value is -1.99. The summed E-state index contributed by atoms with van der Waals surface area (Å²) in [6, 6.07) is 7.26. The number of likely N-dealkylation sites (tertiary alicyclic amines) is 2. The zero-order chi connectivity index (χ0) is 18.8. The van der Waals surface area contributed by atoms with Crippen LogP contribution in [0.5, 0.6) is 5.75 Å². The number of amides is 3. The van der Waals surface area contributed by atoms with Crippen LogP contribution < -0.4 is 10.1 Å². The fraction of sp³-hybridized carbons (Fsp3) is 0.579. The minimum Gasteiger partial charge on any atom is -0.493 e. The summed E-state index contributed by atoms with van der Waals surface area (Å²) in [5, 5.41) is 3.62. The smallest absolute Gasteiger partial charge is 0.320 e. The molecule has 0 radical (unpaired) electrons. The lowest BCUT2D eigenvalue weighted by Crippen LogP contribution is -2.62. The first-order valence-corrected chi connectivity index (χ1v) is 9.79. The molecule has 146 valence electrons. The van der Waals surface area contributed by atoms with Gasteiger partial charge in [-0.3, -0.25) is 4.79 Å². The molecule has 0 aromatic heterocycles. The van der Waals surface area contributed by atoms with Crippen molar-refractivity contribution in [2.75, 3.05) is 39.4 Å². The lowest BCUT2D eigenvalue weighted by molar-refractivity contribution is -0.139. The van der Waals surface area contributed by atoms with E-state index in [4.69, 9.17) is 21.1 Å². The van der Waals surface area contributed by atoms with Gasteiger partial charge in [-0.05, 0) is 37.1 Å². The number of piperidine rings is 1. The molecule has 1 aromatic rings. The highest BCUT2D eigenvalue weighted by atomic mass is 35.5. The van der Waals surface area contributed by atoms with Gasteiger partial charge in [0.2, 0.25) is 5.91 Å². The Morgan fingerprint density at radius 2 is 1.93 bits per heavy atom. The summed E-state index contributed by atoms with van der Waals surface area (Å²) < 4.78 is 11.4. The third-order valence-electron chi connectivity index (χ3n) is 5.45. The Morgan fingerprint density at radius 1 is 1.19 bits per heavy atom. The van der Waals surface area contributed by atoms with Crippen LogP contribution in [0.1, 0.15) is 12.8 Å². The Balaban J connectivity index is 1.26. The molecular formula is C19H24ClN3O4. The number of hydrogen-bond donors (Lipinski definition) is 1. The summed E-state index contributed by atoms with van der Waals surface area (Å²) >= 11 is 5.88. The topological polar surface area (TPSA) is 71.1 Å². The molecule has 3 heterocycles. The summed E-state index contributed by atoms with van der Waals surface area (Å²) in [4.78, 5) is 28.1. The minimum absolute atomic E-state index is 0.0193. The highest BCUT2D eigenvalue weighted by molar-refractivity contribution is 6.30. The third-order valence-corrected chi connectivity index (χ3v) is 5.70. The Kier molecular flexibility index (Phi) is 5.41. The van der Waals surface area contributed by atoms with E-state index in [9.17, 15) is 9.59 Å². The molecule has 0 spiro atoms. The molecule has 1 aromatic carbocycles. The average Bonchev–Trinajstić information content (AvgIpc) is 3.15. The van der Waals surface area contributed by atoms with Gasteiger partial charge in [0.1, 0.15) is 12.4 Å². The van der Waals surface area contributed by atoms with Crippen molar-refractivity contribution in [1.29, 1.82) is 0 Å². The predicted octanol–water partition coefficient (Wildman–Crippen LogP) is 1.75. The van der Waals surface area contributed by atoms with Crippen molar-refractivity contribution < 1.29 is 19.1 Å². The molecule has 4 rings (SSSR count). The Morgan fingerprint density at radius 3 is 2.74 bits per heavy atom. The number of benzene rings is 1. The van der Waals surface area contributed by atoms with Gasteiger partial charge in [-0.1, -0.05) is 11.6 Å². The molecule has 0 aliphatic carbocycles. The largest absolute Gasteiger partial charge is 0.493 e. The van der Waals surface area contributed by atoms with Crippen molar-refractivity contribution in [3.8, 4) is 5.75 Å². The maximum absolute atomic E-state index is 12.9. The zero-order valence-electron chi connectivity index (χ0n) is 15.1. The first-order valence-electron chi connectivity index (χ1n) is 9.41. The van der Waals surface area contributed by atoms with Gasteiger partial charge in [0.15, 0.2) is 0 Å². The van der Waals surface area contributed by atoms with Crippen LogP contribution >= 0.6 is 11.6 Å². The van der Waals surface area contributed by atoms with Gasteiger partial charge in [0.05, 0.1) is 18.8 Å². The molecule has 0 unspecified atom stereocenters. The molecule has 3 amide bonds. The van der Waals surface area contributed by atoms with Gasteiger partial charge >= 0.3 is 6.03 Å². The summed E-state index contributed by atoms with van der Waals surface area (Å²) in [7, 11) is 0. The Bertz CT molecular complexity index is 699. The van der Waals surface area contributed by atoms with Crippen molar-refractivity contribution in [2.24, 2.45) is 5.92 Å². The second-order valence-corrected chi connectivity index (χ2v) is 7.84. The highest BCUT2D eigenvalue weighted by Gasteiger charge is 2.38. The summed E-state index contributed by atoms with van der Waals surface area (Å²) in [6.45, 7) is 3.31. The number of hydrogen-bond acceptors (Lipinski definition) is 4. The van der Waals surface area contributed by atoms with Crippen molar-refractivity contribution >= 4 is 23.5 Å². The van der Waals surface area contributed by atoms with Crippen molar-refractivity contribution in [1.82, 2.24) is 15.1 Å². The van der Waals surface area contributed by atoms with E-state index in [1.165, 1.54) is 0 Å². The molecule has 8 heteroatoms. The molecule has 3 aliphatic rings. The first kappa shape index (κ1) is 18.4. The number of nitrogens with zero attached hydrogens (tertiary/aromatic N) is 2. The van der Waals surface area contributed by atoms with Crippen LogP contribution in [0.3, 0.4) is 0 Å². The fourth-order valence-corrected chi connectivity index (χ4v) is 4.09. The van der Waals surface area contributed by atoms with E-state index in [1.807, 2.05) is 21.9 Å². The van der Waals surface area contributed by atoms with Crippen LogP contribution in [0, 0.1) is 5.92 Å². The number of halogens is 1. The predicted molar refractivity (Wildman–Crippen MR) is 99.9 cm³/mol. The molecule has 27 heavy (non-hydrogen) atoms. The number of ether oxygens (including phenoxy) is 2. The SMILES string of the molecule is O=C1CO[C@H]2CCN(C(=O)N3CC[C@H](COc4ccc(Cl)cc4)C3)C[C@H]2N1. The van der Waals surface area contributed by atoms with Crippen LogP contribution in [0.25, 0.3) is 0 Å². The van der Waals surface area contributed by atoms with Crippen molar-refractivity contribution in [2.45, 2.75) is 25.0 Å². The van der Waals surface area contributed by atoms with Crippen LogP contribution in [-0.4, -0.2) is 73.3 Å². The lowest BCUT2D eigenvalue weighted by Gasteiger charge is -2.42. The number of nitrogens with one attached hydrogen (secondary N) is 1. The van der Waals surface area contributed by atoms with Crippen molar-refractivity contribution in [3.63, 3.8) is 0 Å². The second kappa shape index (κ2) is 7.94. The van der Waals surface area contributed by atoms with Crippen LogP contribution in [-0.2, 0) is 9.53 Å². The van der Waals surface area contributed by atoms with Gasteiger partial charge < -0.3 is 24.6 Å². The normalized spacial score (nSPS) is 27.9. The number of carbonyl (C=O) groups is 2. The maximum Gasteiger partial charge on any atom is 0.320 e. The van der Waals surface area contributed by atoms with Gasteiger partial charge in [-0.2, -0.15) is 0 Å². The second-order valence-electron chi connectivity index (χ2n) is 7.41. The third kappa shape index (κ3) is 4.30. The highest BCUT2D eigenvalue weighted by Crippen LogP contribution is 2.23. The van der Waals surface area contributed by atoms with Crippen LogP contribution in [0.2, 0.25) is 5.02 Å². The molecule has 0 bridgehead atoms. The van der Waals surface area contributed by atoms with E-state index in [-0.39, 0.29) is 30.7 Å². The molecule has 3 saturated heterocycles. The van der Waals surface area contributed by atoms with Gasteiger partial charge in [0.25, 0.3) is 0 Å². The number of urea groups is 1. The quantitative estimate of drug-likeness (QED) is 0.849. The van der Waals surface area contributed by atoms with Crippen LogP contribution in [0.15, 0.2) is 24.3 Å². The molecule has 1 N–H and O–H groups in total. The first-order chi connectivity index (χ1) is 13.1. The molecule has 3 aliphatic heterocycles. The van der Waals surface area contributed by atoms with E-state index >= 15 is 0 Å². The van der Waals surface area contributed by atoms with E-state index in [1.54, 1.807) is 12.1 Å². The van der Waals surface area contributed by atoms with E-state index in [0.29, 0.717) is 37.2 Å². The van der Waals surface area contributed by atoms with E-state index in [0.717, 1.165) is 25.1 Å². The average molecular weight is 394 g/mol. The monoisotopic (exact) mass is 393 g/mol. The summed E-state index contributed by atoms with van der Waals surface area (Å²) in [5.74, 6) is 1.00. The van der Waals surface area contributed by atoms with Crippen LogP contribution in [0.4, 0.5) is 4.79 Å². The fourth-order valence-electron chi connectivity index (χ4n) is 3.96. The zero-order valence-corrected chi connectivity index (χ0v) is 15.9. The summed E-state index contributed by atoms with van der Waals surface area (Å²) in [5.41, 5.74) is 0. The number of morpholine rings is 1. The molecule has 3 atom stereocenters. The molecule has 7 nitrogen and oxygen atoms in total. The molecule has 0 saturated carbocycles. The van der Waals surface area contributed by atoms with Gasteiger partial charge in [0, 0.05) is 37.1 Å². The van der Waals surface area contributed by atoms with Gasteiger partial charge in [-0.25, -0.2) is 4.79 Å². The number of fused-ring (bicyclic) bond motifs is 1.